The molecule has 0 bridgehead atoms. The molecule has 0 saturated heterocycles. The predicted octanol–water partition coefficient (Wildman–Crippen LogP) is -0.105. The molecule has 0 aliphatic rings. The molecule has 0 radical (unpaired) electrons. The van der Waals surface area contributed by atoms with Crippen LogP contribution in [0.3, 0.4) is 0 Å². The van der Waals surface area contributed by atoms with Crippen molar-refractivity contribution in [2.45, 2.75) is 4.90 Å². The zero-order chi connectivity index (χ0) is 12.8. The summed E-state index contributed by atoms with van der Waals surface area (Å²) in [4.78, 5) is 25.0. The number of hydrogen-bond donors (Lipinski definition) is 2. The van der Waals surface area contributed by atoms with Gasteiger partial charge in [0.2, 0.25) is 0 Å². The fraction of sp³-hybridized carbons (Fsp3) is 0.111. The van der Waals surface area contributed by atoms with Gasteiger partial charge < -0.3 is 4.98 Å². The summed E-state index contributed by atoms with van der Waals surface area (Å²) in [6, 6.07) is 3.37. The lowest BCUT2D eigenvalue weighted by molar-refractivity contribution is 0.483. The second-order valence-corrected chi connectivity index (χ2v) is 4.90. The summed E-state index contributed by atoms with van der Waals surface area (Å²) >= 11 is 0. The highest BCUT2D eigenvalue weighted by Crippen LogP contribution is 2.13. The van der Waals surface area contributed by atoms with Gasteiger partial charge in [-0.05, 0) is 18.2 Å². The van der Waals surface area contributed by atoms with Crippen molar-refractivity contribution in [3.63, 3.8) is 0 Å². The molecule has 0 amide bonds. The average molecular weight is 293 g/mol. The molecule has 0 atom stereocenters. The third-order valence-corrected chi connectivity index (χ3v) is 3.22. The highest BCUT2D eigenvalue weighted by Gasteiger charge is 2.12. The van der Waals surface area contributed by atoms with Crippen molar-refractivity contribution in [2.75, 3.05) is 0 Å². The molecule has 9 heteroatoms. The summed E-state index contributed by atoms with van der Waals surface area (Å²) in [5.41, 5.74) is -1.01. The quantitative estimate of drug-likeness (QED) is 0.713. The lowest BCUT2D eigenvalue weighted by atomic mass is 10.2. The highest BCUT2D eigenvalue weighted by atomic mass is 35.5. The lowest BCUT2D eigenvalue weighted by Gasteiger charge is -2.02. The van der Waals surface area contributed by atoms with Crippen LogP contribution in [0.4, 0.5) is 0 Å². The number of aromatic amines is 1. The van der Waals surface area contributed by atoms with Crippen molar-refractivity contribution in [3.8, 4) is 0 Å². The third kappa shape index (κ3) is 2.30. The van der Waals surface area contributed by atoms with Gasteiger partial charge in [0.05, 0.1) is 15.8 Å². The van der Waals surface area contributed by atoms with Gasteiger partial charge in [0.15, 0.2) is 0 Å². The maximum Gasteiger partial charge on any atom is 0.328 e. The van der Waals surface area contributed by atoms with Crippen LogP contribution in [0.1, 0.15) is 0 Å². The van der Waals surface area contributed by atoms with E-state index in [-0.39, 0.29) is 23.3 Å². The van der Waals surface area contributed by atoms with Crippen LogP contribution in [0.25, 0.3) is 10.9 Å². The monoisotopic (exact) mass is 292 g/mol. The maximum absolute atomic E-state index is 11.7. The number of aromatic nitrogens is 2. The molecule has 2 aromatic rings. The molecule has 98 valence electrons. The third-order valence-electron chi connectivity index (χ3n) is 2.37. The minimum absolute atomic E-state index is 0. The molecule has 1 heterocycles. The molecule has 0 spiro atoms. The van der Waals surface area contributed by atoms with Gasteiger partial charge >= 0.3 is 5.69 Å². The van der Waals surface area contributed by atoms with Crippen LogP contribution in [0.2, 0.25) is 0 Å². The van der Waals surface area contributed by atoms with Crippen molar-refractivity contribution in [1.82, 2.24) is 9.55 Å². The average Bonchev–Trinajstić information content (AvgIpc) is 2.24. The van der Waals surface area contributed by atoms with Crippen LogP contribution < -0.4 is 11.2 Å². The number of nitrogens with zero attached hydrogens (tertiary/aromatic N) is 1. The predicted molar refractivity (Wildman–Crippen MR) is 66.9 cm³/mol. The van der Waals surface area contributed by atoms with E-state index in [1.165, 1.54) is 13.1 Å². The first kappa shape index (κ1) is 14.4. The number of hydrogen-bond acceptors (Lipinski definition) is 4. The van der Waals surface area contributed by atoms with Gasteiger partial charge in [-0.2, -0.15) is 8.42 Å². The molecule has 0 aliphatic heterocycles. The van der Waals surface area contributed by atoms with Crippen molar-refractivity contribution in [3.05, 3.63) is 39.0 Å². The van der Waals surface area contributed by atoms with Crippen LogP contribution in [0.5, 0.6) is 0 Å². The highest BCUT2D eigenvalue weighted by molar-refractivity contribution is 7.85. The van der Waals surface area contributed by atoms with E-state index in [4.69, 9.17) is 4.55 Å². The number of benzene rings is 1. The number of H-pyrrole nitrogens is 1. The zero-order valence-electron chi connectivity index (χ0n) is 9.08. The minimum atomic E-state index is -4.37. The van der Waals surface area contributed by atoms with E-state index < -0.39 is 26.3 Å². The summed E-state index contributed by atoms with van der Waals surface area (Å²) in [7, 11) is -3.11. The van der Waals surface area contributed by atoms with Gasteiger partial charge in [-0.1, -0.05) is 0 Å². The van der Waals surface area contributed by atoms with E-state index in [2.05, 4.69) is 4.98 Å². The Morgan fingerprint density at radius 3 is 2.44 bits per heavy atom. The fourth-order valence-corrected chi connectivity index (χ4v) is 1.95. The molecular formula is C9H9ClN2O5S. The van der Waals surface area contributed by atoms with Crippen molar-refractivity contribution in [2.24, 2.45) is 7.05 Å². The summed E-state index contributed by atoms with van der Waals surface area (Å²) in [6.45, 7) is 0. The van der Waals surface area contributed by atoms with Gasteiger partial charge in [0.25, 0.3) is 15.7 Å². The number of rotatable bonds is 1. The zero-order valence-corrected chi connectivity index (χ0v) is 10.7. The van der Waals surface area contributed by atoms with E-state index in [1.807, 2.05) is 0 Å². The molecule has 1 aromatic carbocycles. The summed E-state index contributed by atoms with van der Waals surface area (Å²) in [5.74, 6) is 0. The van der Waals surface area contributed by atoms with Crippen LogP contribution >= 0.6 is 12.4 Å². The van der Waals surface area contributed by atoms with Gasteiger partial charge in [-0.25, -0.2) is 4.79 Å². The van der Waals surface area contributed by atoms with E-state index in [0.29, 0.717) is 0 Å². The van der Waals surface area contributed by atoms with E-state index >= 15 is 0 Å². The van der Waals surface area contributed by atoms with E-state index in [9.17, 15) is 18.0 Å². The topological polar surface area (TPSA) is 109 Å². The van der Waals surface area contributed by atoms with Crippen LogP contribution in [-0.2, 0) is 17.2 Å². The molecule has 7 nitrogen and oxygen atoms in total. The number of fused-ring (bicyclic) bond motifs is 1. The Morgan fingerprint density at radius 1 is 1.28 bits per heavy atom. The van der Waals surface area contributed by atoms with Gasteiger partial charge in [0, 0.05) is 7.05 Å². The Kier molecular flexibility index (Phi) is 3.65. The SMILES string of the molecule is Cl.Cn1c(=O)[nH]c2ccc(S(=O)(=O)O)cc2c1=O. The van der Waals surface area contributed by atoms with Crippen molar-refractivity contribution >= 4 is 33.4 Å². The molecule has 2 N–H and O–H groups in total. The number of nitrogens with one attached hydrogen (secondary N) is 1. The van der Waals surface area contributed by atoms with Crippen LogP contribution in [-0.4, -0.2) is 22.5 Å². The molecular weight excluding hydrogens is 284 g/mol. The Labute approximate surface area is 107 Å². The summed E-state index contributed by atoms with van der Waals surface area (Å²) in [5, 5.41) is 0.0159. The van der Waals surface area contributed by atoms with Crippen LogP contribution in [0, 0.1) is 0 Å². The molecule has 1 aromatic heterocycles. The van der Waals surface area contributed by atoms with Gasteiger partial charge in [-0.15, -0.1) is 12.4 Å². The first-order chi connectivity index (χ1) is 7.80. The molecule has 2 rings (SSSR count). The molecule has 0 fully saturated rings. The van der Waals surface area contributed by atoms with Crippen LogP contribution in [0.15, 0.2) is 32.7 Å². The first-order valence-corrected chi connectivity index (χ1v) is 5.95. The summed E-state index contributed by atoms with van der Waals surface area (Å²) < 4.78 is 31.5. The lowest BCUT2D eigenvalue weighted by Crippen LogP contribution is -2.32. The van der Waals surface area contributed by atoms with Gasteiger partial charge in [-0.3, -0.25) is 13.9 Å². The Bertz CT molecular complexity index is 821. The largest absolute Gasteiger partial charge is 0.328 e. The summed E-state index contributed by atoms with van der Waals surface area (Å²) in [6.07, 6.45) is 0. The standard InChI is InChI=1S/C9H8N2O5S.ClH/c1-11-8(12)6-4-5(17(14,15)16)2-3-7(6)10-9(11)13;/h2-4H,1H3,(H,10,13)(H,14,15,16);1H. The Hall–Kier alpha value is -1.64. The Balaban J connectivity index is 0.00000162. The van der Waals surface area contributed by atoms with Crippen molar-refractivity contribution in [1.29, 1.82) is 0 Å². The van der Waals surface area contributed by atoms with Crippen molar-refractivity contribution < 1.29 is 13.0 Å². The normalized spacial score (nSPS) is 11.2. The molecule has 0 saturated carbocycles. The fourth-order valence-electron chi connectivity index (χ4n) is 1.44. The second kappa shape index (κ2) is 4.56. The molecule has 0 aliphatic carbocycles. The molecule has 0 unspecified atom stereocenters. The van der Waals surface area contributed by atoms with E-state index in [1.54, 1.807) is 0 Å². The smallest absolute Gasteiger partial charge is 0.307 e. The molecule has 18 heavy (non-hydrogen) atoms. The Morgan fingerprint density at radius 2 is 1.89 bits per heavy atom. The van der Waals surface area contributed by atoms with E-state index in [0.717, 1.165) is 16.7 Å². The maximum atomic E-state index is 11.7. The second-order valence-electron chi connectivity index (χ2n) is 3.48. The number of halogens is 1. The first-order valence-electron chi connectivity index (χ1n) is 4.51. The van der Waals surface area contributed by atoms with Gasteiger partial charge in [0.1, 0.15) is 0 Å². The minimum Gasteiger partial charge on any atom is -0.307 e.